The standard InChI is InChI=1S/C28H46N2O2/c1-27-12-8-21(30-20-10-14-29-15-11-20)16-19(27)3-4-22-24(27)9-13-28-17-18(2-7-26(31)32)23(28)5-6-25(22)28/h18-25,29-30H,2-17H2,1H3,(H,31,32)/t18-,19-,21+,22?,23+,24?,25?,27-,28-/m0/s1. The summed E-state index contributed by atoms with van der Waals surface area (Å²) in [7, 11) is 0. The van der Waals surface area contributed by atoms with E-state index in [1.54, 1.807) is 0 Å². The lowest BCUT2D eigenvalue weighted by Gasteiger charge is -2.65. The molecule has 6 rings (SSSR count). The van der Waals surface area contributed by atoms with E-state index >= 15 is 0 Å². The van der Waals surface area contributed by atoms with Gasteiger partial charge in [0.05, 0.1) is 0 Å². The van der Waals surface area contributed by atoms with E-state index in [0.29, 0.717) is 17.3 Å². The van der Waals surface area contributed by atoms with Crippen molar-refractivity contribution in [2.45, 2.75) is 109 Å². The van der Waals surface area contributed by atoms with Crippen LogP contribution in [0.5, 0.6) is 0 Å². The van der Waals surface area contributed by atoms with Crippen LogP contribution in [-0.4, -0.2) is 36.2 Å². The molecule has 1 spiro atoms. The molecule has 6 fully saturated rings. The lowest BCUT2D eigenvalue weighted by Crippen LogP contribution is -2.59. The molecule has 0 bridgehead atoms. The normalized spacial score (nSPS) is 50.5. The van der Waals surface area contributed by atoms with Crippen molar-refractivity contribution in [1.82, 2.24) is 10.6 Å². The van der Waals surface area contributed by atoms with E-state index in [-0.39, 0.29) is 0 Å². The predicted molar refractivity (Wildman–Crippen MR) is 127 cm³/mol. The van der Waals surface area contributed by atoms with E-state index < -0.39 is 5.97 Å². The Labute approximate surface area is 195 Å². The van der Waals surface area contributed by atoms with E-state index in [1.165, 1.54) is 90.1 Å². The molecular weight excluding hydrogens is 396 g/mol. The molecule has 0 amide bonds. The molecule has 4 nitrogen and oxygen atoms in total. The Morgan fingerprint density at radius 1 is 0.938 bits per heavy atom. The average Bonchev–Trinajstić information content (AvgIpc) is 3.07. The largest absolute Gasteiger partial charge is 0.481 e. The second-order valence-corrected chi connectivity index (χ2v) is 13.2. The van der Waals surface area contributed by atoms with E-state index in [1.807, 2.05) is 0 Å². The van der Waals surface area contributed by atoms with Crippen LogP contribution in [0.4, 0.5) is 0 Å². The Morgan fingerprint density at radius 3 is 2.56 bits per heavy atom. The zero-order valence-electron chi connectivity index (χ0n) is 20.3. The molecule has 4 heteroatoms. The smallest absolute Gasteiger partial charge is 0.303 e. The minimum atomic E-state index is -0.597. The van der Waals surface area contributed by atoms with Crippen LogP contribution >= 0.6 is 0 Å². The molecular formula is C28H46N2O2. The highest BCUT2D eigenvalue weighted by Gasteiger charge is 2.66. The molecule has 0 aromatic carbocycles. The Morgan fingerprint density at radius 2 is 1.75 bits per heavy atom. The van der Waals surface area contributed by atoms with E-state index in [2.05, 4.69) is 17.6 Å². The second-order valence-electron chi connectivity index (χ2n) is 13.2. The summed E-state index contributed by atoms with van der Waals surface area (Å²) in [5, 5.41) is 16.7. The number of carbonyl (C=O) groups is 1. The first-order valence-electron chi connectivity index (χ1n) is 14.2. The molecule has 9 atom stereocenters. The minimum absolute atomic E-state index is 0.389. The molecule has 3 N–H and O–H groups in total. The van der Waals surface area contributed by atoms with Gasteiger partial charge >= 0.3 is 5.97 Å². The number of rotatable bonds is 5. The number of piperidine rings is 1. The number of carboxylic acids is 1. The van der Waals surface area contributed by atoms with Crippen molar-refractivity contribution >= 4 is 5.97 Å². The molecule has 6 aliphatic rings. The van der Waals surface area contributed by atoms with Crippen LogP contribution < -0.4 is 10.6 Å². The van der Waals surface area contributed by atoms with Gasteiger partial charge in [-0.15, -0.1) is 0 Å². The third kappa shape index (κ3) is 3.41. The average molecular weight is 443 g/mol. The SMILES string of the molecule is C[C@]12CC[C@@H](NC3CCNCC3)C[C@@H]1CCC1C3CC[C@@H]4[C@@H](CCC(=O)O)C[C@]34CCC12. The van der Waals surface area contributed by atoms with Crippen LogP contribution in [0, 0.1) is 46.3 Å². The van der Waals surface area contributed by atoms with Crippen LogP contribution in [0.25, 0.3) is 0 Å². The Hall–Kier alpha value is -0.610. The topological polar surface area (TPSA) is 61.4 Å². The Bertz CT molecular complexity index is 720. The number of carboxylic acid groups (broad SMARTS) is 1. The Kier molecular flexibility index (Phi) is 5.65. The van der Waals surface area contributed by atoms with Crippen molar-refractivity contribution < 1.29 is 9.90 Å². The summed E-state index contributed by atoms with van der Waals surface area (Å²) in [6.45, 7) is 5.09. The van der Waals surface area contributed by atoms with Gasteiger partial charge in [-0.3, -0.25) is 4.79 Å². The van der Waals surface area contributed by atoms with Crippen molar-refractivity contribution in [3.05, 3.63) is 0 Å². The van der Waals surface area contributed by atoms with Crippen LogP contribution in [0.3, 0.4) is 0 Å². The maximum atomic E-state index is 11.1. The summed E-state index contributed by atoms with van der Waals surface area (Å²) in [5.74, 6) is 4.83. The molecule has 32 heavy (non-hydrogen) atoms. The number of aliphatic carboxylic acids is 1. The second kappa shape index (κ2) is 8.26. The zero-order valence-corrected chi connectivity index (χ0v) is 20.3. The molecule has 1 saturated heterocycles. The number of hydrogen-bond acceptors (Lipinski definition) is 3. The number of nitrogens with one attached hydrogen (secondary N) is 2. The van der Waals surface area contributed by atoms with Gasteiger partial charge in [0, 0.05) is 18.5 Å². The van der Waals surface area contributed by atoms with Gasteiger partial charge in [-0.05, 0) is 143 Å². The van der Waals surface area contributed by atoms with E-state index in [0.717, 1.165) is 54.0 Å². The van der Waals surface area contributed by atoms with Gasteiger partial charge in [0.1, 0.15) is 0 Å². The summed E-state index contributed by atoms with van der Waals surface area (Å²) in [4.78, 5) is 11.1. The fourth-order valence-corrected chi connectivity index (χ4v) is 10.8. The summed E-state index contributed by atoms with van der Waals surface area (Å²) in [6, 6.07) is 1.51. The van der Waals surface area contributed by atoms with Crippen LogP contribution in [0.1, 0.15) is 96.8 Å². The first-order chi connectivity index (χ1) is 15.5. The molecule has 5 saturated carbocycles. The number of fused-ring (bicyclic) bond motifs is 4. The maximum Gasteiger partial charge on any atom is 0.303 e. The summed E-state index contributed by atoms with van der Waals surface area (Å²) in [6.07, 6.45) is 18.3. The van der Waals surface area contributed by atoms with Gasteiger partial charge in [0.25, 0.3) is 0 Å². The summed E-state index contributed by atoms with van der Waals surface area (Å²) >= 11 is 0. The first kappa shape index (κ1) is 21.9. The van der Waals surface area contributed by atoms with Gasteiger partial charge in [0.15, 0.2) is 0 Å². The molecule has 1 aliphatic heterocycles. The summed E-state index contributed by atoms with van der Waals surface area (Å²) < 4.78 is 0. The fourth-order valence-electron chi connectivity index (χ4n) is 10.8. The minimum Gasteiger partial charge on any atom is -0.481 e. The molecule has 1 heterocycles. The molecule has 180 valence electrons. The quantitative estimate of drug-likeness (QED) is 0.546. The lowest BCUT2D eigenvalue weighted by atomic mass is 9.40. The fraction of sp³-hybridized carbons (Fsp3) is 0.964. The van der Waals surface area contributed by atoms with Crippen molar-refractivity contribution in [2.75, 3.05) is 13.1 Å². The highest BCUT2D eigenvalue weighted by molar-refractivity contribution is 5.66. The third-order valence-electron chi connectivity index (χ3n) is 12.2. The van der Waals surface area contributed by atoms with E-state index in [4.69, 9.17) is 5.11 Å². The van der Waals surface area contributed by atoms with Crippen molar-refractivity contribution in [1.29, 1.82) is 0 Å². The number of hydrogen-bond donors (Lipinski definition) is 3. The highest BCUT2D eigenvalue weighted by Crippen LogP contribution is 2.74. The molecule has 3 unspecified atom stereocenters. The van der Waals surface area contributed by atoms with Crippen LogP contribution in [0.2, 0.25) is 0 Å². The first-order valence-corrected chi connectivity index (χ1v) is 14.2. The third-order valence-corrected chi connectivity index (χ3v) is 12.2. The van der Waals surface area contributed by atoms with Crippen LogP contribution in [0.15, 0.2) is 0 Å². The van der Waals surface area contributed by atoms with Gasteiger partial charge in [0.2, 0.25) is 0 Å². The van der Waals surface area contributed by atoms with Crippen molar-refractivity contribution in [3.8, 4) is 0 Å². The molecule has 0 aromatic rings. The molecule has 0 aromatic heterocycles. The molecule has 5 aliphatic carbocycles. The van der Waals surface area contributed by atoms with Crippen LogP contribution in [-0.2, 0) is 4.79 Å². The van der Waals surface area contributed by atoms with Gasteiger partial charge in [-0.2, -0.15) is 0 Å². The lowest BCUT2D eigenvalue weighted by molar-refractivity contribution is -0.164. The predicted octanol–water partition coefficient (Wildman–Crippen LogP) is 5.22. The van der Waals surface area contributed by atoms with Gasteiger partial charge in [-0.1, -0.05) is 6.92 Å². The van der Waals surface area contributed by atoms with Crippen molar-refractivity contribution in [3.63, 3.8) is 0 Å². The van der Waals surface area contributed by atoms with Gasteiger partial charge in [-0.25, -0.2) is 0 Å². The summed E-state index contributed by atoms with van der Waals surface area (Å²) in [5.41, 5.74) is 1.21. The Balaban J connectivity index is 1.10. The van der Waals surface area contributed by atoms with Crippen molar-refractivity contribution in [2.24, 2.45) is 46.3 Å². The monoisotopic (exact) mass is 442 g/mol. The maximum absolute atomic E-state index is 11.1. The van der Waals surface area contributed by atoms with E-state index in [9.17, 15) is 4.79 Å². The zero-order chi connectivity index (χ0) is 21.9. The molecule has 0 radical (unpaired) electrons. The van der Waals surface area contributed by atoms with Gasteiger partial charge < -0.3 is 15.7 Å². The highest BCUT2D eigenvalue weighted by atomic mass is 16.4.